The first-order chi connectivity index (χ1) is 12.1. The second kappa shape index (κ2) is 9.78. The third-order valence-corrected chi connectivity index (χ3v) is 3.87. The lowest BCUT2D eigenvalue weighted by Gasteiger charge is -2.36. The fourth-order valence-corrected chi connectivity index (χ4v) is 2.71. The van der Waals surface area contributed by atoms with E-state index in [1.165, 1.54) is 4.90 Å². The van der Waals surface area contributed by atoms with Gasteiger partial charge >= 0.3 is 6.09 Å². The molecule has 2 rings (SSSR count). The molecule has 1 aromatic rings. The first kappa shape index (κ1) is 22.3. The molecule has 0 aromatic heterocycles. The second-order valence-electron chi connectivity index (χ2n) is 7.07. The number of halogens is 1. The molecule has 1 aliphatic heterocycles. The van der Waals surface area contributed by atoms with E-state index in [0.717, 1.165) is 0 Å². The van der Waals surface area contributed by atoms with Crippen LogP contribution < -0.4 is 11.1 Å². The van der Waals surface area contributed by atoms with Crippen molar-refractivity contribution in [2.45, 2.75) is 52.7 Å². The Morgan fingerprint density at radius 3 is 2.31 bits per heavy atom. The first-order valence-electron chi connectivity index (χ1n) is 8.94. The Balaban J connectivity index is 0.00000163. The number of benzene rings is 1. The number of anilines is 1. The molecule has 26 heavy (non-hydrogen) atoms. The van der Waals surface area contributed by atoms with Gasteiger partial charge in [-0.2, -0.15) is 0 Å². The predicted molar refractivity (Wildman–Crippen MR) is 105 cm³/mol. The van der Waals surface area contributed by atoms with E-state index in [0.29, 0.717) is 30.2 Å². The van der Waals surface area contributed by atoms with Crippen molar-refractivity contribution in [2.24, 2.45) is 11.7 Å². The Morgan fingerprint density at radius 2 is 1.77 bits per heavy atom. The Morgan fingerprint density at radius 1 is 1.19 bits per heavy atom. The maximum Gasteiger partial charge on any atom is 0.410 e. The van der Waals surface area contributed by atoms with Gasteiger partial charge in [-0.1, -0.05) is 25.4 Å². The summed E-state index contributed by atoms with van der Waals surface area (Å²) in [4.78, 5) is 26.2. The van der Waals surface area contributed by atoms with Gasteiger partial charge in [0.2, 0.25) is 5.91 Å². The SMILES string of the molecule is CC.CC(C)(C)OC(=O)N1CC(N)CC(C(=O)Nc2ccc(Cl)cc2)C1. The monoisotopic (exact) mass is 383 g/mol. The Bertz CT molecular complexity index is 599. The molecule has 0 spiro atoms. The number of likely N-dealkylation sites (tertiary alicyclic amines) is 1. The maximum absolute atomic E-state index is 12.5. The highest BCUT2D eigenvalue weighted by Crippen LogP contribution is 2.21. The minimum absolute atomic E-state index is 0.166. The van der Waals surface area contributed by atoms with Gasteiger partial charge in [0.25, 0.3) is 0 Å². The van der Waals surface area contributed by atoms with Crippen LogP contribution in [-0.2, 0) is 9.53 Å². The minimum atomic E-state index is -0.584. The second-order valence-corrected chi connectivity index (χ2v) is 7.51. The summed E-state index contributed by atoms with van der Waals surface area (Å²) in [7, 11) is 0. The van der Waals surface area contributed by atoms with Gasteiger partial charge in [-0.3, -0.25) is 4.79 Å². The van der Waals surface area contributed by atoms with Crippen LogP contribution in [-0.4, -0.2) is 41.6 Å². The first-order valence-corrected chi connectivity index (χ1v) is 9.32. The van der Waals surface area contributed by atoms with Crippen molar-refractivity contribution >= 4 is 29.3 Å². The molecule has 2 amide bonds. The number of piperidine rings is 1. The molecule has 1 saturated heterocycles. The molecule has 0 aliphatic carbocycles. The number of nitrogens with one attached hydrogen (secondary N) is 1. The number of hydrogen-bond acceptors (Lipinski definition) is 4. The minimum Gasteiger partial charge on any atom is -0.444 e. The Labute approximate surface area is 161 Å². The van der Waals surface area contributed by atoms with E-state index in [1.54, 1.807) is 45.0 Å². The highest BCUT2D eigenvalue weighted by Gasteiger charge is 2.34. The highest BCUT2D eigenvalue weighted by molar-refractivity contribution is 6.30. The summed E-state index contributed by atoms with van der Waals surface area (Å²) in [6.45, 7) is 10.1. The molecule has 7 heteroatoms. The zero-order chi connectivity index (χ0) is 19.9. The molecule has 6 nitrogen and oxygen atoms in total. The number of carbonyl (C=O) groups is 2. The van der Waals surface area contributed by atoms with Crippen LogP contribution in [0.2, 0.25) is 5.02 Å². The van der Waals surface area contributed by atoms with Crippen LogP contribution in [0.1, 0.15) is 41.0 Å². The predicted octanol–water partition coefficient (Wildman–Crippen LogP) is 3.89. The summed E-state index contributed by atoms with van der Waals surface area (Å²) in [5.74, 6) is -0.544. The topological polar surface area (TPSA) is 84.7 Å². The van der Waals surface area contributed by atoms with Gasteiger partial charge in [-0.05, 0) is 51.5 Å². The lowest BCUT2D eigenvalue weighted by atomic mass is 9.94. The van der Waals surface area contributed by atoms with E-state index in [1.807, 2.05) is 13.8 Å². The number of ether oxygens (including phenoxy) is 1. The smallest absolute Gasteiger partial charge is 0.410 e. The summed E-state index contributed by atoms with van der Waals surface area (Å²) in [6.07, 6.45) is 0.0839. The molecule has 0 bridgehead atoms. The van der Waals surface area contributed by atoms with E-state index < -0.39 is 11.7 Å². The molecular weight excluding hydrogens is 354 g/mol. The van der Waals surface area contributed by atoms with Crippen molar-refractivity contribution in [1.82, 2.24) is 4.90 Å². The van der Waals surface area contributed by atoms with Gasteiger partial charge in [0, 0.05) is 29.8 Å². The van der Waals surface area contributed by atoms with Gasteiger partial charge in [0.15, 0.2) is 0 Å². The zero-order valence-corrected chi connectivity index (χ0v) is 17.0. The summed E-state index contributed by atoms with van der Waals surface area (Å²) >= 11 is 5.84. The van der Waals surface area contributed by atoms with Gasteiger partial charge in [0.05, 0.1) is 5.92 Å². The van der Waals surface area contributed by atoms with E-state index >= 15 is 0 Å². The molecule has 2 unspecified atom stereocenters. The van der Waals surface area contributed by atoms with Crippen LogP contribution in [0.4, 0.5) is 10.5 Å². The lowest BCUT2D eigenvalue weighted by Crippen LogP contribution is -2.53. The zero-order valence-electron chi connectivity index (χ0n) is 16.2. The molecule has 0 radical (unpaired) electrons. The number of carbonyl (C=O) groups excluding carboxylic acids is 2. The molecule has 3 N–H and O–H groups in total. The summed E-state index contributed by atoms with van der Waals surface area (Å²) in [5, 5.41) is 3.44. The van der Waals surface area contributed by atoms with Crippen LogP contribution in [0.3, 0.4) is 0 Å². The molecule has 1 fully saturated rings. The molecule has 0 saturated carbocycles. The van der Waals surface area contributed by atoms with Crippen LogP contribution >= 0.6 is 11.6 Å². The van der Waals surface area contributed by atoms with E-state index in [9.17, 15) is 9.59 Å². The van der Waals surface area contributed by atoms with Crippen molar-refractivity contribution in [3.8, 4) is 0 Å². The molecular formula is C19H30ClN3O3. The van der Waals surface area contributed by atoms with Crippen LogP contribution in [0.15, 0.2) is 24.3 Å². The number of rotatable bonds is 2. The van der Waals surface area contributed by atoms with Crippen LogP contribution in [0.5, 0.6) is 0 Å². The average Bonchev–Trinajstić information content (AvgIpc) is 2.56. The van der Waals surface area contributed by atoms with E-state index in [2.05, 4.69) is 5.32 Å². The van der Waals surface area contributed by atoms with Gasteiger partial charge < -0.3 is 20.7 Å². The van der Waals surface area contributed by atoms with Gasteiger partial charge in [0.1, 0.15) is 5.60 Å². The van der Waals surface area contributed by atoms with Crippen molar-refractivity contribution in [1.29, 1.82) is 0 Å². The molecule has 146 valence electrons. The Kier molecular flexibility index (Phi) is 8.37. The van der Waals surface area contributed by atoms with Crippen molar-refractivity contribution in [3.63, 3.8) is 0 Å². The Hall–Kier alpha value is -1.79. The summed E-state index contributed by atoms with van der Waals surface area (Å²) in [5.41, 5.74) is 6.10. The standard InChI is InChI=1S/C17H24ClN3O3.C2H6/c1-17(2,3)24-16(23)21-9-11(8-13(19)10-21)15(22)20-14-6-4-12(18)5-7-14;1-2/h4-7,11,13H,8-10,19H2,1-3H3,(H,20,22);1-2H3. The number of nitrogens with zero attached hydrogens (tertiary/aromatic N) is 1. The normalized spacial score (nSPS) is 19.9. The van der Waals surface area contributed by atoms with E-state index in [-0.39, 0.29) is 17.9 Å². The number of amides is 2. The molecule has 2 atom stereocenters. The third-order valence-electron chi connectivity index (χ3n) is 3.62. The van der Waals surface area contributed by atoms with Gasteiger partial charge in [-0.15, -0.1) is 0 Å². The van der Waals surface area contributed by atoms with Crippen molar-refractivity contribution in [2.75, 3.05) is 18.4 Å². The number of hydrogen-bond donors (Lipinski definition) is 2. The molecule has 1 aromatic carbocycles. The fourth-order valence-electron chi connectivity index (χ4n) is 2.58. The quantitative estimate of drug-likeness (QED) is 0.811. The molecule has 1 aliphatic rings. The highest BCUT2D eigenvalue weighted by atomic mass is 35.5. The molecule has 1 heterocycles. The van der Waals surface area contributed by atoms with Crippen LogP contribution in [0, 0.1) is 5.92 Å². The fraction of sp³-hybridized carbons (Fsp3) is 0.579. The maximum atomic E-state index is 12.5. The third kappa shape index (κ3) is 7.22. The van der Waals surface area contributed by atoms with Crippen molar-refractivity contribution < 1.29 is 14.3 Å². The summed E-state index contributed by atoms with van der Waals surface area (Å²) < 4.78 is 5.37. The van der Waals surface area contributed by atoms with Crippen molar-refractivity contribution in [3.05, 3.63) is 29.3 Å². The average molecular weight is 384 g/mol. The van der Waals surface area contributed by atoms with E-state index in [4.69, 9.17) is 22.1 Å². The van der Waals surface area contributed by atoms with Crippen LogP contribution in [0.25, 0.3) is 0 Å². The summed E-state index contributed by atoms with van der Waals surface area (Å²) in [6, 6.07) is 6.61. The number of nitrogens with two attached hydrogens (primary N) is 1. The van der Waals surface area contributed by atoms with Gasteiger partial charge in [-0.25, -0.2) is 4.79 Å². The lowest BCUT2D eigenvalue weighted by molar-refractivity contribution is -0.121. The largest absolute Gasteiger partial charge is 0.444 e.